The third-order valence-electron chi connectivity index (χ3n) is 6.84. The average Bonchev–Trinajstić information content (AvgIpc) is 3.32. The lowest BCUT2D eigenvalue weighted by molar-refractivity contribution is 0.0607. The number of sulfonamides is 1. The first-order valence-electron chi connectivity index (χ1n) is 12.4. The number of amides is 1. The van der Waals surface area contributed by atoms with E-state index in [2.05, 4.69) is 15.0 Å². The lowest BCUT2D eigenvalue weighted by Gasteiger charge is -2.35. The van der Waals surface area contributed by atoms with Gasteiger partial charge < -0.3 is 15.1 Å². The van der Waals surface area contributed by atoms with E-state index in [1.807, 2.05) is 0 Å². The normalized spacial score (nSPS) is 20.6. The zero-order valence-corrected chi connectivity index (χ0v) is 23.3. The summed E-state index contributed by atoms with van der Waals surface area (Å²) in [6.07, 6.45) is 0.713. The maximum atomic E-state index is 13.8. The van der Waals surface area contributed by atoms with E-state index in [-0.39, 0.29) is 22.9 Å². The van der Waals surface area contributed by atoms with Crippen LogP contribution in [0.4, 0.5) is 20.3 Å². The van der Waals surface area contributed by atoms with Crippen LogP contribution in [0.15, 0.2) is 30.3 Å². The number of nitrogens with one attached hydrogen (secondary N) is 2. The van der Waals surface area contributed by atoms with Crippen molar-refractivity contribution in [1.29, 1.82) is 0 Å². The molecule has 2 fully saturated rings. The Hall–Kier alpha value is -2.74. The van der Waals surface area contributed by atoms with E-state index in [9.17, 15) is 22.0 Å². The van der Waals surface area contributed by atoms with Crippen LogP contribution in [-0.2, 0) is 10.0 Å². The lowest BCUT2D eigenvalue weighted by Crippen LogP contribution is -2.54. The average molecular weight is 602 g/mol. The van der Waals surface area contributed by atoms with E-state index >= 15 is 0 Å². The Bertz CT molecular complexity index is 1500. The summed E-state index contributed by atoms with van der Waals surface area (Å²) >= 11 is 12.5. The molecule has 0 radical (unpaired) electrons. The Morgan fingerprint density at radius 3 is 2.72 bits per heavy atom. The van der Waals surface area contributed by atoms with Crippen LogP contribution in [0.1, 0.15) is 41.4 Å². The van der Waals surface area contributed by atoms with Gasteiger partial charge >= 0.3 is 0 Å². The summed E-state index contributed by atoms with van der Waals surface area (Å²) in [6, 6.07) is 6.32. The number of alkyl halides is 2. The molecule has 2 aromatic heterocycles. The fourth-order valence-corrected chi connectivity index (χ4v) is 6.04. The molecule has 2 saturated heterocycles. The molecule has 0 saturated carbocycles. The number of rotatable bonds is 6. The third-order valence-corrected chi connectivity index (χ3v) is 7.86. The second kappa shape index (κ2) is 11.0. The standard InChI is InChI=1S/C24H27Cl2F2N7O3S/c1-39(37,38)32-16-6-5-14(25)10-15(16)24(36)34-8-3-2-4-19(34)17-11-21-30-20(26)12-22(35(21)31-17)33-9-7-29-18(13-33)23(27)28/h5-6,10-12,18-19,23,29,32H,2-4,7-9,13H2,1H3. The van der Waals surface area contributed by atoms with Gasteiger partial charge in [-0.1, -0.05) is 23.2 Å². The Morgan fingerprint density at radius 2 is 1.97 bits per heavy atom. The van der Waals surface area contributed by atoms with Crippen molar-refractivity contribution in [3.63, 3.8) is 0 Å². The van der Waals surface area contributed by atoms with Crippen molar-refractivity contribution in [3.05, 3.63) is 51.8 Å². The van der Waals surface area contributed by atoms with Crippen LogP contribution in [0.3, 0.4) is 0 Å². The number of anilines is 2. The number of likely N-dealkylation sites (tertiary alicyclic amines) is 1. The van der Waals surface area contributed by atoms with Gasteiger partial charge in [-0.3, -0.25) is 9.52 Å². The highest BCUT2D eigenvalue weighted by Gasteiger charge is 2.33. The number of piperidine rings is 1. The largest absolute Gasteiger partial charge is 0.353 e. The molecule has 39 heavy (non-hydrogen) atoms. The van der Waals surface area contributed by atoms with Gasteiger partial charge in [-0.25, -0.2) is 22.2 Å². The minimum Gasteiger partial charge on any atom is -0.353 e. The van der Waals surface area contributed by atoms with Gasteiger partial charge in [0.1, 0.15) is 11.0 Å². The molecule has 10 nitrogen and oxygen atoms in total. The minimum absolute atomic E-state index is 0.0707. The maximum Gasteiger partial charge on any atom is 0.256 e. The molecule has 1 aromatic carbocycles. The molecular weight excluding hydrogens is 575 g/mol. The van der Waals surface area contributed by atoms with Crippen molar-refractivity contribution in [1.82, 2.24) is 24.8 Å². The number of benzene rings is 1. The second-order valence-electron chi connectivity index (χ2n) is 9.69. The first-order chi connectivity index (χ1) is 18.5. The molecule has 2 aliphatic rings. The van der Waals surface area contributed by atoms with E-state index in [1.54, 1.807) is 26.4 Å². The molecule has 2 atom stereocenters. The van der Waals surface area contributed by atoms with E-state index < -0.39 is 34.4 Å². The van der Waals surface area contributed by atoms with Crippen LogP contribution in [0.25, 0.3) is 5.65 Å². The van der Waals surface area contributed by atoms with Gasteiger partial charge in [-0.05, 0) is 37.5 Å². The van der Waals surface area contributed by atoms with Crippen LogP contribution in [0.5, 0.6) is 0 Å². The molecule has 0 spiro atoms. The number of carbonyl (C=O) groups is 1. The zero-order chi connectivity index (χ0) is 27.9. The van der Waals surface area contributed by atoms with Gasteiger partial charge in [-0.15, -0.1) is 0 Å². The van der Waals surface area contributed by atoms with E-state index in [0.717, 1.165) is 19.1 Å². The number of halogens is 4. The Kier molecular flexibility index (Phi) is 7.86. The Balaban J connectivity index is 1.51. The molecule has 2 N–H and O–H groups in total. The summed E-state index contributed by atoms with van der Waals surface area (Å²) < 4.78 is 54.6. The van der Waals surface area contributed by atoms with Gasteiger partial charge in [0.05, 0.1) is 35.3 Å². The number of carbonyl (C=O) groups excluding carboxylic acids is 1. The fraction of sp³-hybridized carbons (Fsp3) is 0.458. The van der Waals surface area contributed by atoms with Crippen LogP contribution < -0.4 is 14.9 Å². The van der Waals surface area contributed by atoms with Crippen LogP contribution >= 0.6 is 23.2 Å². The molecule has 1 amide bonds. The summed E-state index contributed by atoms with van der Waals surface area (Å²) in [5, 5.41) is 8.08. The minimum atomic E-state index is -3.65. The molecule has 2 aliphatic heterocycles. The second-order valence-corrected chi connectivity index (χ2v) is 12.3. The monoisotopic (exact) mass is 601 g/mol. The molecule has 2 unspecified atom stereocenters. The molecule has 0 aliphatic carbocycles. The smallest absolute Gasteiger partial charge is 0.256 e. The lowest BCUT2D eigenvalue weighted by atomic mass is 9.98. The zero-order valence-electron chi connectivity index (χ0n) is 20.9. The van der Waals surface area contributed by atoms with Gasteiger partial charge in [0.15, 0.2) is 5.65 Å². The number of aromatic nitrogens is 3. The quantitative estimate of drug-likeness (QED) is 0.413. The van der Waals surface area contributed by atoms with Crippen molar-refractivity contribution in [2.75, 3.05) is 42.1 Å². The molecule has 0 bridgehead atoms. The number of piperazine rings is 1. The molecule has 4 heterocycles. The highest BCUT2D eigenvalue weighted by Crippen LogP contribution is 2.35. The van der Waals surface area contributed by atoms with Crippen LogP contribution in [0.2, 0.25) is 10.2 Å². The van der Waals surface area contributed by atoms with Crippen molar-refractivity contribution in [2.24, 2.45) is 0 Å². The van der Waals surface area contributed by atoms with E-state index in [1.165, 1.54) is 18.2 Å². The van der Waals surface area contributed by atoms with Gasteiger partial charge in [0.2, 0.25) is 10.0 Å². The van der Waals surface area contributed by atoms with Gasteiger partial charge in [0, 0.05) is 43.3 Å². The van der Waals surface area contributed by atoms with Crippen molar-refractivity contribution >= 4 is 56.3 Å². The highest BCUT2D eigenvalue weighted by atomic mass is 35.5. The maximum absolute atomic E-state index is 13.8. The summed E-state index contributed by atoms with van der Waals surface area (Å²) in [4.78, 5) is 21.6. The van der Waals surface area contributed by atoms with Crippen LogP contribution in [-0.4, -0.2) is 78.7 Å². The number of fused-ring (bicyclic) bond motifs is 1. The van der Waals surface area contributed by atoms with E-state index in [4.69, 9.17) is 28.3 Å². The first-order valence-corrected chi connectivity index (χ1v) is 15.1. The fourth-order valence-electron chi connectivity index (χ4n) is 5.11. The van der Waals surface area contributed by atoms with Crippen molar-refractivity contribution in [3.8, 4) is 0 Å². The SMILES string of the molecule is CS(=O)(=O)Nc1ccc(Cl)cc1C(=O)N1CCCCC1c1cc2nc(Cl)cc(N3CCNC(C(F)F)C3)n2n1. The Morgan fingerprint density at radius 1 is 1.18 bits per heavy atom. The predicted octanol–water partition coefficient (Wildman–Crippen LogP) is 3.82. The molecule has 3 aromatic rings. The summed E-state index contributed by atoms with van der Waals surface area (Å²) in [7, 11) is -3.65. The van der Waals surface area contributed by atoms with Crippen molar-refractivity contribution in [2.45, 2.75) is 37.8 Å². The summed E-state index contributed by atoms with van der Waals surface area (Å²) in [6.45, 7) is 1.35. The first kappa shape index (κ1) is 27.8. The van der Waals surface area contributed by atoms with E-state index in [0.29, 0.717) is 48.2 Å². The van der Waals surface area contributed by atoms with Gasteiger partial charge in [-0.2, -0.15) is 9.61 Å². The molecular formula is C24H27Cl2F2N7O3S. The number of nitrogens with zero attached hydrogens (tertiary/aromatic N) is 5. The van der Waals surface area contributed by atoms with Gasteiger partial charge in [0.25, 0.3) is 12.3 Å². The summed E-state index contributed by atoms with van der Waals surface area (Å²) in [5.74, 6) is 0.144. The van der Waals surface area contributed by atoms with Crippen LogP contribution in [0, 0.1) is 0 Å². The highest BCUT2D eigenvalue weighted by molar-refractivity contribution is 7.92. The third kappa shape index (κ3) is 6.06. The van der Waals surface area contributed by atoms with Crippen molar-refractivity contribution < 1.29 is 22.0 Å². The topological polar surface area (TPSA) is 112 Å². The Labute approximate surface area is 234 Å². The number of hydrogen-bond acceptors (Lipinski definition) is 7. The number of hydrogen-bond donors (Lipinski definition) is 2. The molecule has 5 rings (SSSR count). The molecule has 15 heteroatoms. The molecule has 210 valence electrons. The summed E-state index contributed by atoms with van der Waals surface area (Å²) in [5.41, 5.74) is 1.26. The predicted molar refractivity (Wildman–Crippen MR) is 146 cm³/mol.